The normalized spacial score (nSPS) is 15.2. The summed E-state index contributed by atoms with van der Waals surface area (Å²) in [6.07, 6.45) is 0.0781. The monoisotopic (exact) mass is 505 g/mol. The second-order valence-corrected chi connectivity index (χ2v) is 10.7. The summed E-state index contributed by atoms with van der Waals surface area (Å²) in [5, 5.41) is 3.28. The Morgan fingerprint density at radius 1 is 1.06 bits per heavy atom. The van der Waals surface area contributed by atoms with Gasteiger partial charge in [-0.2, -0.15) is 0 Å². The standard InChI is InChI=1S/C24H28ClN3O5S/c1-16(2)26-23(30)17(3)27(15-18-9-4-6-11-20(18)25)22(29)13-8-14-28-24(31)19-10-5-7-12-21(19)34(28,32)33/h4-7,9-12,16-17H,8,13-15H2,1-3H3,(H,26,30). The van der Waals surface area contributed by atoms with Gasteiger partial charge in [-0.15, -0.1) is 0 Å². The van der Waals surface area contributed by atoms with Gasteiger partial charge in [-0.25, -0.2) is 12.7 Å². The quantitative estimate of drug-likeness (QED) is 0.563. The highest BCUT2D eigenvalue weighted by Crippen LogP contribution is 2.30. The molecule has 1 aliphatic rings. The third-order valence-electron chi connectivity index (χ3n) is 5.56. The van der Waals surface area contributed by atoms with Crippen LogP contribution in [0, 0.1) is 0 Å². The zero-order valence-corrected chi connectivity index (χ0v) is 20.9. The predicted octanol–water partition coefficient (Wildman–Crippen LogP) is 3.21. The maximum Gasteiger partial charge on any atom is 0.269 e. The van der Waals surface area contributed by atoms with E-state index < -0.39 is 22.0 Å². The second kappa shape index (κ2) is 10.6. The summed E-state index contributed by atoms with van der Waals surface area (Å²) in [4.78, 5) is 39.8. The van der Waals surface area contributed by atoms with Crippen LogP contribution >= 0.6 is 11.6 Å². The Bertz CT molecular complexity index is 1200. The molecule has 1 N–H and O–H groups in total. The van der Waals surface area contributed by atoms with E-state index in [4.69, 9.17) is 11.6 Å². The number of carbonyl (C=O) groups is 3. The number of rotatable bonds is 9. The van der Waals surface area contributed by atoms with Crippen LogP contribution in [0.15, 0.2) is 53.4 Å². The van der Waals surface area contributed by atoms with Gasteiger partial charge >= 0.3 is 0 Å². The summed E-state index contributed by atoms with van der Waals surface area (Å²) in [5.74, 6) is -1.24. The molecule has 2 aromatic carbocycles. The van der Waals surface area contributed by atoms with Crippen molar-refractivity contribution in [3.63, 3.8) is 0 Å². The molecule has 2 aromatic rings. The third kappa shape index (κ3) is 5.42. The molecule has 0 saturated carbocycles. The number of hydrogen-bond donors (Lipinski definition) is 1. The fourth-order valence-corrected chi connectivity index (χ4v) is 5.57. The number of nitrogens with one attached hydrogen (secondary N) is 1. The Morgan fingerprint density at radius 3 is 2.35 bits per heavy atom. The van der Waals surface area contributed by atoms with E-state index in [-0.39, 0.29) is 54.2 Å². The molecule has 0 bridgehead atoms. The van der Waals surface area contributed by atoms with E-state index in [0.717, 1.165) is 4.31 Å². The number of fused-ring (bicyclic) bond motifs is 1. The number of benzene rings is 2. The van der Waals surface area contributed by atoms with E-state index in [9.17, 15) is 22.8 Å². The molecule has 1 atom stereocenters. The first kappa shape index (κ1) is 25.7. The number of nitrogens with zero attached hydrogens (tertiary/aromatic N) is 2. The highest BCUT2D eigenvalue weighted by Gasteiger charge is 2.40. The van der Waals surface area contributed by atoms with E-state index >= 15 is 0 Å². The second-order valence-electron chi connectivity index (χ2n) is 8.43. The average Bonchev–Trinajstić information content (AvgIpc) is 2.98. The van der Waals surface area contributed by atoms with Crippen molar-refractivity contribution in [1.29, 1.82) is 0 Å². The van der Waals surface area contributed by atoms with Gasteiger partial charge in [0.25, 0.3) is 15.9 Å². The number of hydrogen-bond acceptors (Lipinski definition) is 5. The van der Waals surface area contributed by atoms with Crippen molar-refractivity contribution in [2.45, 2.75) is 57.1 Å². The molecule has 3 rings (SSSR count). The van der Waals surface area contributed by atoms with Crippen LogP contribution in [0.25, 0.3) is 0 Å². The Balaban J connectivity index is 1.72. The van der Waals surface area contributed by atoms with Crippen molar-refractivity contribution in [2.24, 2.45) is 0 Å². The number of amides is 3. The molecule has 0 radical (unpaired) electrons. The molecule has 1 aliphatic heterocycles. The molecule has 1 unspecified atom stereocenters. The summed E-state index contributed by atoms with van der Waals surface area (Å²) in [5.41, 5.74) is 0.822. The van der Waals surface area contributed by atoms with E-state index in [1.165, 1.54) is 17.0 Å². The molecule has 0 saturated heterocycles. The molecular weight excluding hydrogens is 478 g/mol. The van der Waals surface area contributed by atoms with Crippen LogP contribution in [0.5, 0.6) is 0 Å². The lowest BCUT2D eigenvalue weighted by molar-refractivity contribution is -0.140. The Labute approximate surface area is 204 Å². The lowest BCUT2D eigenvalue weighted by Crippen LogP contribution is -2.49. The molecule has 3 amide bonds. The molecule has 8 nitrogen and oxygen atoms in total. The minimum Gasteiger partial charge on any atom is -0.352 e. The maximum absolute atomic E-state index is 13.2. The van der Waals surface area contributed by atoms with Gasteiger partial charge < -0.3 is 10.2 Å². The van der Waals surface area contributed by atoms with Crippen molar-refractivity contribution in [2.75, 3.05) is 6.54 Å². The maximum atomic E-state index is 13.2. The predicted molar refractivity (Wildman–Crippen MR) is 129 cm³/mol. The van der Waals surface area contributed by atoms with E-state index in [0.29, 0.717) is 10.6 Å². The highest BCUT2D eigenvalue weighted by molar-refractivity contribution is 7.90. The van der Waals surface area contributed by atoms with Crippen molar-refractivity contribution >= 4 is 39.3 Å². The van der Waals surface area contributed by atoms with E-state index in [1.807, 2.05) is 13.8 Å². The molecule has 0 fully saturated rings. The molecule has 182 valence electrons. The Kier molecular flexibility index (Phi) is 7.99. The van der Waals surface area contributed by atoms with Crippen LogP contribution in [0.3, 0.4) is 0 Å². The molecule has 1 heterocycles. The smallest absolute Gasteiger partial charge is 0.269 e. The van der Waals surface area contributed by atoms with Crippen molar-refractivity contribution in [3.8, 4) is 0 Å². The van der Waals surface area contributed by atoms with Gasteiger partial charge in [0.2, 0.25) is 11.8 Å². The van der Waals surface area contributed by atoms with Crippen LogP contribution < -0.4 is 5.32 Å². The lowest BCUT2D eigenvalue weighted by atomic mass is 10.1. The summed E-state index contributed by atoms with van der Waals surface area (Å²) in [6.45, 7) is 5.29. The molecule has 0 aromatic heterocycles. The van der Waals surface area contributed by atoms with Gasteiger partial charge in [-0.05, 0) is 51.0 Å². The van der Waals surface area contributed by atoms with Crippen LogP contribution in [0.4, 0.5) is 0 Å². The van der Waals surface area contributed by atoms with Crippen molar-refractivity contribution in [1.82, 2.24) is 14.5 Å². The van der Waals surface area contributed by atoms with Gasteiger partial charge in [-0.1, -0.05) is 41.9 Å². The topological polar surface area (TPSA) is 104 Å². The number of halogens is 1. The fraction of sp³-hybridized carbons (Fsp3) is 0.375. The van der Waals surface area contributed by atoms with Crippen molar-refractivity contribution in [3.05, 3.63) is 64.7 Å². The summed E-state index contributed by atoms with van der Waals surface area (Å²) < 4.78 is 26.3. The zero-order valence-electron chi connectivity index (χ0n) is 19.3. The largest absolute Gasteiger partial charge is 0.352 e. The minimum atomic E-state index is -3.93. The molecule has 10 heteroatoms. The van der Waals surface area contributed by atoms with Crippen LogP contribution in [-0.2, 0) is 26.2 Å². The minimum absolute atomic E-state index is 0.0225. The SMILES string of the molecule is CC(C)NC(=O)C(C)N(Cc1ccccc1Cl)C(=O)CCCN1C(=O)c2ccccc2S1(=O)=O. The number of sulfonamides is 1. The van der Waals surface area contributed by atoms with E-state index in [2.05, 4.69) is 5.32 Å². The van der Waals surface area contributed by atoms with Gasteiger partial charge in [0.05, 0.1) is 5.56 Å². The first-order chi connectivity index (χ1) is 16.0. The first-order valence-corrected chi connectivity index (χ1v) is 12.8. The van der Waals surface area contributed by atoms with E-state index in [1.54, 1.807) is 43.3 Å². The fourth-order valence-electron chi connectivity index (χ4n) is 3.77. The molecular formula is C24H28ClN3O5S. The molecule has 34 heavy (non-hydrogen) atoms. The Hall–Kier alpha value is -2.91. The Morgan fingerprint density at radius 2 is 1.71 bits per heavy atom. The summed E-state index contributed by atoms with van der Waals surface area (Å²) in [6, 6.07) is 12.2. The van der Waals surface area contributed by atoms with Crippen LogP contribution in [0.2, 0.25) is 5.02 Å². The summed E-state index contributed by atoms with van der Waals surface area (Å²) in [7, 11) is -3.93. The highest BCUT2D eigenvalue weighted by atomic mass is 35.5. The van der Waals surface area contributed by atoms with Crippen LogP contribution in [0.1, 0.15) is 49.5 Å². The van der Waals surface area contributed by atoms with Crippen molar-refractivity contribution < 1.29 is 22.8 Å². The van der Waals surface area contributed by atoms with Gasteiger partial charge in [0, 0.05) is 30.6 Å². The first-order valence-electron chi connectivity index (χ1n) is 11.0. The third-order valence-corrected chi connectivity index (χ3v) is 7.77. The van der Waals surface area contributed by atoms with Gasteiger partial charge in [-0.3, -0.25) is 14.4 Å². The number of carbonyl (C=O) groups excluding carboxylic acids is 3. The summed E-state index contributed by atoms with van der Waals surface area (Å²) >= 11 is 6.27. The zero-order chi connectivity index (χ0) is 25.0. The average molecular weight is 506 g/mol. The van der Waals surface area contributed by atoms with Gasteiger partial charge in [0.1, 0.15) is 10.9 Å². The molecule has 0 aliphatic carbocycles. The molecule has 0 spiro atoms. The van der Waals surface area contributed by atoms with Gasteiger partial charge in [0.15, 0.2) is 0 Å². The van der Waals surface area contributed by atoms with Crippen LogP contribution in [-0.4, -0.2) is 54.0 Å². The lowest BCUT2D eigenvalue weighted by Gasteiger charge is -2.30.